The molecule has 0 aliphatic carbocycles. The highest BCUT2D eigenvalue weighted by Gasteiger charge is 2.10. The molecule has 0 aromatic heterocycles. The number of thioether (sulfide) groups is 2. The van der Waals surface area contributed by atoms with Crippen molar-refractivity contribution in [1.29, 1.82) is 0 Å². The van der Waals surface area contributed by atoms with Crippen molar-refractivity contribution in [2.75, 3.05) is 11.5 Å². The summed E-state index contributed by atoms with van der Waals surface area (Å²) in [5.74, 6) is 2.34. The summed E-state index contributed by atoms with van der Waals surface area (Å²) in [7, 11) is 0. The molecule has 0 saturated carbocycles. The van der Waals surface area contributed by atoms with Crippen LogP contribution in [0.5, 0.6) is 0 Å². The standard InChI is InChI=1S/C11H15BrS2/c1-3-13-11(14-4-2)9-6-5-7-10(12)8-9/h5-8,11H,3-4H2,1-2H3. The first kappa shape index (κ1) is 12.5. The van der Waals surface area contributed by atoms with E-state index in [1.807, 2.05) is 23.5 Å². The summed E-state index contributed by atoms with van der Waals surface area (Å²) in [5, 5.41) is 0. The van der Waals surface area contributed by atoms with E-state index < -0.39 is 0 Å². The summed E-state index contributed by atoms with van der Waals surface area (Å²) < 4.78 is 1.76. The van der Waals surface area contributed by atoms with E-state index in [-0.39, 0.29) is 0 Å². The summed E-state index contributed by atoms with van der Waals surface area (Å²) in [6, 6.07) is 8.61. The molecule has 0 spiro atoms. The minimum atomic E-state index is 0.586. The van der Waals surface area contributed by atoms with E-state index in [1.165, 1.54) is 21.5 Å². The van der Waals surface area contributed by atoms with E-state index in [2.05, 4.69) is 54.0 Å². The average Bonchev–Trinajstić information content (AvgIpc) is 2.17. The maximum Gasteiger partial charge on any atom is 0.0751 e. The molecule has 0 unspecified atom stereocenters. The zero-order valence-corrected chi connectivity index (χ0v) is 11.7. The number of hydrogen-bond donors (Lipinski definition) is 0. The van der Waals surface area contributed by atoms with Crippen LogP contribution in [0, 0.1) is 0 Å². The van der Waals surface area contributed by atoms with Crippen LogP contribution in [0.3, 0.4) is 0 Å². The van der Waals surface area contributed by atoms with Crippen LogP contribution in [0.15, 0.2) is 28.7 Å². The van der Waals surface area contributed by atoms with E-state index in [0.29, 0.717) is 4.58 Å². The Hall–Kier alpha value is 0.400. The smallest absolute Gasteiger partial charge is 0.0751 e. The molecule has 0 nitrogen and oxygen atoms in total. The first-order valence-electron chi connectivity index (χ1n) is 4.76. The second-order valence-corrected chi connectivity index (χ2v) is 6.78. The monoisotopic (exact) mass is 290 g/mol. The molecule has 1 aromatic rings. The molecule has 0 heterocycles. The molecular weight excluding hydrogens is 276 g/mol. The van der Waals surface area contributed by atoms with Gasteiger partial charge in [0.05, 0.1) is 4.58 Å². The quantitative estimate of drug-likeness (QED) is 0.704. The number of halogens is 1. The maximum absolute atomic E-state index is 3.51. The Bertz CT molecular complexity index is 270. The van der Waals surface area contributed by atoms with Crippen LogP contribution in [0.25, 0.3) is 0 Å². The number of hydrogen-bond acceptors (Lipinski definition) is 2. The predicted octanol–water partition coefficient (Wildman–Crippen LogP) is 4.95. The molecular formula is C11H15BrS2. The summed E-state index contributed by atoms with van der Waals surface area (Å²) in [4.78, 5) is 0. The Morgan fingerprint density at radius 2 is 1.86 bits per heavy atom. The normalized spacial score (nSPS) is 10.9. The van der Waals surface area contributed by atoms with Crippen molar-refractivity contribution in [2.45, 2.75) is 18.4 Å². The Balaban J connectivity index is 2.75. The number of benzene rings is 1. The van der Waals surface area contributed by atoms with Crippen molar-refractivity contribution in [1.82, 2.24) is 0 Å². The molecule has 0 aliphatic rings. The number of rotatable bonds is 5. The lowest BCUT2D eigenvalue weighted by Gasteiger charge is -2.14. The van der Waals surface area contributed by atoms with Crippen LogP contribution in [-0.2, 0) is 0 Å². The van der Waals surface area contributed by atoms with Gasteiger partial charge in [0.15, 0.2) is 0 Å². The molecule has 0 atom stereocenters. The Morgan fingerprint density at radius 1 is 1.21 bits per heavy atom. The van der Waals surface area contributed by atoms with Gasteiger partial charge < -0.3 is 0 Å². The van der Waals surface area contributed by atoms with E-state index >= 15 is 0 Å². The van der Waals surface area contributed by atoms with Gasteiger partial charge in [0, 0.05) is 4.47 Å². The van der Waals surface area contributed by atoms with Gasteiger partial charge in [0.25, 0.3) is 0 Å². The van der Waals surface area contributed by atoms with Crippen molar-refractivity contribution in [3.63, 3.8) is 0 Å². The third-order valence-corrected chi connectivity index (χ3v) is 4.88. The maximum atomic E-state index is 3.51. The second kappa shape index (κ2) is 6.81. The lowest BCUT2D eigenvalue weighted by atomic mass is 10.2. The van der Waals surface area contributed by atoms with Gasteiger partial charge in [-0.1, -0.05) is 41.9 Å². The van der Waals surface area contributed by atoms with Gasteiger partial charge in [-0.05, 0) is 29.2 Å². The van der Waals surface area contributed by atoms with Gasteiger partial charge in [-0.15, -0.1) is 23.5 Å². The fraction of sp³-hybridized carbons (Fsp3) is 0.455. The Kier molecular flexibility index (Phi) is 6.06. The second-order valence-electron chi connectivity index (χ2n) is 2.80. The van der Waals surface area contributed by atoms with E-state index in [4.69, 9.17) is 0 Å². The molecule has 0 N–H and O–H groups in total. The highest BCUT2D eigenvalue weighted by atomic mass is 79.9. The van der Waals surface area contributed by atoms with E-state index in [1.54, 1.807) is 0 Å². The molecule has 0 radical (unpaired) electrons. The largest absolute Gasteiger partial charge is 0.143 e. The minimum absolute atomic E-state index is 0.586. The van der Waals surface area contributed by atoms with Gasteiger partial charge in [-0.2, -0.15) is 0 Å². The first-order chi connectivity index (χ1) is 6.77. The molecule has 1 rings (SSSR count). The molecule has 0 saturated heterocycles. The van der Waals surface area contributed by atoms with Crippen molar-refractivity contribution in [3.8, 4) is 0 Å². The van der Waals surface area contributed by atoms with E-state index in [9.17, 15) is 0 Å². The fourth-order valence-electron chi connectivity index (χ4n) is 1.20. The average molecular weight is 291 g/mol. The molecule has 3 heteroatoms. The van der Waals surface area contributed by atoms with Gasteiger partial charge in [-0.3, -0.25) is 0 Å². The van der Waals surface area contributed by atoms with Crippen LogP contribution in [0.1, 0.15) is 24.0 Å². The molecule has 0 fully saturated rings. The van der Waals surface area contributed by atoms with Gasteiger partial charge in [0.2, 0.25) is 0 Å². The molecule has 1 aromatic carbocycles. The lowest BCUT2D eigenvalue weighted by Crippen LogP contribution is -1.90. The van der Waals surface area contributed by atoms with Crippen LogP contribution >= 0.6 is 39.5 Å². The molecule has 0 amide bonds. The van der Waals surface area contributed by atoms with Crippen LogP contribution < -0.4 is 0 Å². The zero-order chi connectivity index (χ0) is 10.4. The summed E-state index contributed by atoms with van der Waals surface area (Å²) >= 11 is 7.52. The van der Waals surface area contributed by atoms with Gasteiger partial charge >= 0.3 is 0 Å². The minimum Gasteiger partial charge on any atom is -0.143 e. The van der Waals surface area contributed by atoms with Crippen LogP contribution in [0.4, 0.5) is 0 Å². The van der Waals surface area contributed by atoms with Crippen molar-refractivity contribution >= 4 is 39.5 Å². The SMILES string of the molecule is CCSC(SCC)c1cccc(Br)c1. The van der Waals surface area contributed by atoms with Crippen LogP contribution in [0.2, 0.25) is 0 Å². The molecule has 78 valence electrons. The Labute approximate surface area is 103 Å². The van der Waals surface area contributed by atoms with Gasteiger partial charge in [0.1, 0.15) is 0 Å². The third kappa shape index (κ3) is 3.87. The topological polar surface area (TPSA) is 0 Å². The zero-order valence-electron chi connectivity index (χ0n) is 8.50. The molecule has 0 bridgehead atoms. The van der Waals surface area contributed by atoms with Crippen molar-refractivity contribution < 1.29 is 0 Å². The first-order valence-corrected chi connectivity index (χ1v) is 7.65. The lowest BCUT2D eigenvalue weighted by molar-refractivity contribution is 1.34. The van der Waals surface area contributed by atoms with Crippen molar-refractivity contribution in [2.24, 2.45) is 0 Å². The molecule has 14 heavy (non-hydrogen) atoms. The third-order valence-electron chi connectivity index (χ3n) is 1.76. The summed E-state index contributed by atoms with van der Waals surface area (Å²) in [6.07, 6.45) is 0. The summed E-state index contributed by atoms with van der Waals surface area (Å²) in [6.45, 7) is 4.43. The Morgan fingerprint density at radius 3 is 2.36 bits per heavy atom. The summed E-state index contributed by atoms with van der Waals surface area (Å²) in [5.41, 5.74) is 1.41. The molecule has 0 aliphatic heterocycles. The van der Waals surface area contributed by atoms with Gasteiger partial charge in [-0.25, -0.2) is 0 Å². The van der Waals surface area contributed by atoms with E-state index in [0.717, 1.165) is 0 Å². The van der Waals surface area contributed by atoms with Crippen LogP contribution in [-0.4, -0.2) is 11.5 Å². The fourth-order valence-corrected chi connectivity index (χ4v) is 4.10. The predicted molar refractivity (Wildman–Crippen MR) is 73.1 cm³/mol. The highest BCUT2D eigenvalue weighted by Crippen LogP contribution is 2.39. The van der Waals surface area contributed by atoms with Crippen molar-refractivity contribution in [3.05, 3.63) is 34.3 Å². The highest BCUT2D eigenvalue weighted by molar-refractivity contribution is 9.10.